The van der Waals surface area contributed by atoms with E-state index in [2.05, 4.69) is 19.9 Å². The number of nitrogens with two attached hydrogens (primary N) is 1. The Morgan fingerprint density at radius 3 is 2.83 bits per heavy atom. The summed E-state index contributed by atoms with van der Waals surface area (Å²) in [4.78, 5) is 30.5. The van der Waals surface area contributed by atoms with Crippen molar-refractivity contribution in [1.29, 1.82) is 0 Å². The number of fused-ring (bicyclic) bond motifs is 1. The lowest BCUT2D eigenvalue weighted by molar-refractivity contribution is 0.0916. The maximum atomic E-state index is 12.9. The number of hydrogen-bond donors (Lipinski definition) is 1. The van der Waals surface area contributed by atoms with Gasteiger partial charge in [-0.3, -0.25) is 4.79 Å². The van der Waals surface area contributed by atoms with E-state index in [1.165, 1.54) is 12.5 Å². The first-order chi connectivity index (χ1) is 14.5. The standard InChI is InChI=1S/C21H22N6O3/c1-12(11-29-3)8-15(28)18-20(22)26-19(21-23-6-7-30-21)17(25-18)14-4-5-16-24-9-13(2)27(16)10-14/h4-7,9-10,12H,8,11H2,1-3H3,(H2,22,26). The lowest BCUT2D eigenvalue weighted by Gasteiger charge is -2.13. The van der Waals surface area contributed by atoms with Crippen LogP contribution in [0.1, 0.15) is 29.5 Å². The Morgan fingerprint density at radius 2 is 2.10 bits per heavy atom. The fourth-order valence-corrected chi connectivity index (χ4v) is 3.34. The van der Waals surface area contributed by atoms with Crippen molar-refractivity contribution in [2.75, 3.05) is 19.5 Å². The number of aryl methyl sites for hydroxylation is 1. The molecule has 2 N–H and O–H groups in total. The Kier molecular flexibility index (Phi) is 5.28. The van der Waals surface area contributed by atoms with Crippen molar-refractivity contribution in [3.63, 3.8) is 0 Å². The highest BCUT2D eigenvalue weighted by Crippen LogP contribution is 2.31. The van der Waals surface area contributed by atoms with Crippen molar-refractivity contribution >= 4 is 17.2 Å². The van der Waals surface area contributed by atoms with Crippen LogP contribution in [0.2, 0.25) is 0 Å². The number of ketones is 1. The molecule has 4 aromatic rings. The third-order valence-corrected chi connectivity index (χ3v) is 4.77. The molecule has 0 amide bonds. The van der Waals surface area contributed by atoms with Gasteiger partial charge >= 0.3 is 0 Å². The van der Waals surface area contributed by atoms with Crippen molar-refractivity contribution in [2.45, 2.75) is 20.3 Å². The second kappa shape index (κ2) is 8.03. The van der Waals surface area contributed by atoms with E-state index in [1.807, 2.05) is 36.6 Å². The first-order valence-corrected chi connectivity index (χ1v) is 9.51. The van der Waals surface area contributed by atoms with Crippen LogP contribution < -0.4 is 5.73 Å². The minimum atomic E-state index is -0.190. The fraction of sp³-hybridized carbons (Fsp3) is 0.286. The molecule has 0 spiro atoms. The maximum Gasteiger partial charge on any atom is 0.247 e. The molecule has 0 aromatic carbocycles. The number of oxazole rings is 1. The van der Waals surface area contributed by atoms with E-state index >= 15 is 0 Å². The van der Waals surface area contributed by atoms with E-state index in [0.717, 1.165) is 16.9 Å². The number of pyridine rings is 1. The van der Waals surface area contributed by atoms with Crippen molar-refractivity contribution in [2.24, 2.45) is 5.92 Å². The van der Waals surface area contributed by atoms with Gasteiger partial charge in [0.15, 0.2) is 17.3 Å². The molecular weight excluding hydrogens is 384 g/mol. The monoisotopic (exact) mass is 406 g/mol. The molecule has 4 aromatic heterocycles. The number of imidazole rings is 1. The molecule has 9 nitrogen and oxygen atoms in total. The highest BCUT2D eigenvalue weighted by Gasteiger charge is 2.23. The van der Waals surface area contributed by atoms with Crippen LogP contribution in [-0.4, -0.2) is 43.8 Å². The summed E-state index contributed by atoms with van der Waals surface area (Å²) >= 11 is 0. The number of nitrogens with zero attached hydrogens (tertiary/aromatic N) is 5. The first kappa shape index (κ1) is 19.7. The highest BCUT2D eigenvalue weighted by atomic mass is 16.5. The van der Waals surface area contributed by atoms with Crippen LogP contribution >= 0.6 is 0 Å². The van der Waals surface area contributed by atoms with Crippen LogP contribution in [0.3, 0.4) is 0 Å². The zero-order valence-electron chi connectivity index (χ0n) is 17.0. The lowest BCUT2D eigenvalue weighted by Crippen LogP contribution is -2.15. The second-order valence-corrected chi connectivity index (χ2v) is 7.23. The minimum Gasteiger partial charge on any atom is -0.443 e. The quantitative estimate of drug-likeness (QED) is 0.464. The van der Waals surface area contributed by atoms with E-state index in [-0.39, 0.29) is 35.5 Å². The summed E-state index contributed by atoms with van der Waals surface area (Å²) in [5.74, 6) is 0.160. The maximum absolute atomic E-state index is 12.9. The van der Waals surface area contributed by atoms with Gasteiger partial charge in [-0.2, -0.15) is 0 Å². The molecule has 0 fully saturated rings. The third-order valence-electron chi connectivity index (χ3n) is 4.77. The average Bonchev–Trinajstić information content (AvgIpc) is 3.38. The summed E-state index contributed by atoms with van der Waals surface area (Å²) < 4.78 is 12.5. The molecule has 0 radical (unpaired) electrons. The molecule has 1 unspecified atom stereocenters. The van der Waals surface area contributed by atoms with Crippen LogP contribution in [0.4, 0.5) is 5.82 Å². The molecule has 0 saturated carbocycles. The summed E-state index contributed by atoms with van der Waals surface area (Å²) in [5.41, 5.74) is 9.59. The molecule has 0 aliphatic heterocycles. The van der Waals surface area contributed by atoms with E-state index < -0.39 is 0 Å². The Bertz CT molecular complexity index is 1200. The van der Waals surface area contributed by atoms with Crippen LogP contribution in [0.5, 0.6) is 0 Å². The number of methoxy groups -OCH3 is 1. The van der Waals surface area contributed by atoms with Gasteiger partial charge in [-0.25, -0.2) is 19.9 Å². The molecular formula is C21H22N6O3. The zero-order valence-corrected chi connectivity index (χ0v) is 17.0. The Hall–Kier alpha value is -3.59. The number of nitrogen functional groups attached to an aromatic ring is 1. The fourth-order valence-electron chi connectivity index (χ4n) is 3.34. The number of aromatic nitrogens is 5. The van der Waals surface area contributed by atoms with Gasteiger partial charge in [0.25, 0.3) is 0 Å². The summed E-state index contributed by atoms with van der Waals surface area (Å²) in [6, 6.07) is 3.75. The van der Waals surface area contributed by atoms with Gasteiger partial charge in [0, 0.05) is 43.8 Å². The van der Waals surface area contributed by atoms with Gasteiger partial charge in [0.1, 0.15) is 23.3 Å². The smallest absolute Gasteiger partial charge is 0.247 e. The molecule has 0 aliphatic rings. The average molecular weight is 406 g/mol. The van der Waals surface area contributed by atoms with E-state index in [4.69, 9.17) is 14.9 Å². The molecule has 154 valence electrons. The summed E-state index contributed by atoms with van der Waals surface area (Å²) in [6.45, 7) is 4.36. The molecule has 30 heavy (non-hydrogen) atoms. The lowest BCUT2D eigenvalue weighted by atomic mass is 10.0. The van der Waals surface area contributed by atoms with Gasteiger partial charge in [-0.05, 0) is 25.0 Å². The number of carbonyl (C=O) groups is 1. The van der Waals surface area contributed by atoms with Gasteiger partial charge in [-0.1, -0.05) is 6.92 Å². The molecule has 4 heterocycles. The molecule has 1 atom stereocenters. The number of hydrogen-bond acceptors (Lipinski definition) is 8. The minimum absolute atomic E-state index is 0.0310. The molecule has 4 rings (SSSR count). The van der Waals surface area contributed by atoms with Crippen molar-refractivity contribution < 1.29 is 13.9 Å². The summed E-state index contributed by atoms with van der Waals surface area (Å²) in [6.07, 6.45) is 6.91. The summed E-state index contributed by atoms with van der Waals surface area (Å²) in [7, 11) is 1.60. The first-order valence-electron chi connectivity index (χ1n) is 9.51. The SMILES string of the molecule is COCC(C)CC(=O)c1nc(-c2ccc3ncc(C)n3c2)c(-c2ncco2)nc1N. The Labute approximate surface area is 173 Å². The predicted molar refractivity (Wildman–Crippen MR) is 111 cm³/mol. The van der Waals surface area contributed by atoms with Crippen molar-refractivity contribution in [3.05, 3.63) is 48.4 Å². The van der Waals surface area contributed by atoms with E-state index in [1.54, 1.807) is 13.3 Å². The molecule has 9 heteroatoms. The topological polar surface area (TPSA) is 121 Å². The van der Waals surface area contributed by atoms with Gasteiger partial charge < -0.3 is 19.3 Å². The Morgan fingerprint density at radius 1 is 1.27 bits per heavy atom. The van der Waals surface area contributed by atoms with E-state index in [0.29, 0.717) is 18.0 Å². The molecule has 0 aliphatic carbocycles. The van der Waals surface area contributed by atoms with Gasteiger partial charge in [-0.15, -0.1) is 0 Å². The van der Waals surface area contributed by atoms with Gasteiger partial charge in [0.2, 0.25) is 5.89 Å². The van der Waals surface area contributed by atoms with Crippen molar-refractivity contribution in [3.8, 4) is 22.8 Å². The van der Waals surface area contributed by atoms with Crippen LogP contribution in [0.25, 0.3) is 28.5 Å². The summed E-state index contributed by atoms with van der Waals surface area (Å²) in [5, 5.41) is 0. The van der Waals surface area contributed by atoms with Crippen LogP contribution in [0.15, 0.2) is 41.4 Å². The third kappa shape index (κ3) is 3.67. The molecule has 0 saturated heterocycles. The number of ether oxygens (including phenoxy) is 1. The van der Waals surface area contributed by atoms with E-state index in [9.17, 15) is 4.79 Å². The van der Waals surface area contributed by atoms with Crippen LogP contribution in [0, 0.1) is 12.8 Å². The number of rotatable bonds is 7. The van der Waals surface area contributed by atoms with Crippen LogP contribution in [-0.2, 0) is 4.74 Å². The number of anilines is 1. The largest absolute Gasteiger partial charge is 0.443 e. The normalized spacial score (nSPS) is 12.4. The number of Topliss-reactive ketones (excluding diaryl/α,β-unsaturated/α-hetero) is 1. The predicted octanol–water partition coefficient (Wildman–Crippen LogP) is 3.19. The molecule has 0 bridgehead atoms. The number of carbonyl (C=O) groups excluding carboxylic acids is 1. The zero-order chi connectivity index (χ0) is 21.3. The highest BCUT2D eigenvalue weighted by molar-refractivity contribution is 5.99. The second-order valence-electron chi connectivity index (χ2n) is 7.23. The van der Waals surface area contributed by atoms with Crippen molar-refractivity contribution in [1.82, 2.24) is 24.3 Å². The Balaban J connectivity index is 1.85. The van der Waals surface area contributed by atoms with Gasteiger partial charge in [0.05, 0.1) is 6.20 Å².